The van der Waals surface area contributed by atoms with Crippen molar-refractivity contribution in [1.82, 2.24) is 9.62 Å². The zero-order chi connectivity index (χ0) is 22.0. The second kappa shape index (κ2) is 8.62. The molecule has 31 heavy (non-hydrogen) atoms. The highest BCUT2D eigenvalue weighted by atomic mass is 32.2. The van der Waals surface area contributed by atoms with Crippen LogP contribution in [0.25, 0.3) is 10.8 Å². The lowest BCUT2D eigenvalue weighted by Gasteiger charge is -2.36. The molecule has 0 aliphatic carbocycles. The summed E-state index contributed by atoms with van der Waals surface area (Å²) in [6, 6.07) is 18.7. The van der Waals surface area contributed by atoms with E-state index in [1.165, 1.54) is 35.5 Å². The summed E-state index contributed by atoms with van der Waals surface area (Å²) in [7, 11) is -2.46. The SMILES string of the molecule is CNS(=O)(=O)c1ccc(N2CCN(Cc3cccc4ccccc34)CC2)c([N+](=O)[O-])c1. The fraction of sp³-hybridized carbons (Fsp3) is 0.273. The van der Waals surface area contributed by atoms with Crippen molar-refractivity contribution in [3.63, 3.8) is 0 Å². The van der Waals surface area contributed by atoms with Gasteiger partial charge in [-0.25, -0.2) is 13.1 Å². The van der Waals surface area contributed by atoms with Crippen LogP contribution < -0.4 is 9.62 Å². The number of piperazine rings is 1. The molecule has 162 valence electrons. The van der Waals surface area contributed by atoms with Gasteiger partial charge in [0.05, 0.1) is 9.82 Å². The maximum Gasteiger partial charge on any atom is 0.293 e. The van der Waals surface area contributed by atoms with Gasteiger partial charge in [0.2, 0.25) is 10.0 Å². The number of fused-ring (bicyclic) bond motifs is 1. The van der Waals surface area contributed by atoms with Gasteiger partial charge in [-0.2, -0.15) is 0 Å². The van der Waals surface area contributed by atoms with Crippen LogP contribution in [0.1, 0.15) is 5.56 Å². The van der Waals surface area contributed by atoms with Crippen molar-refractivity contribution in [3.05, 3.63) is 76.3 Å². The molecular weight excluding hydrogens is 416 g/mol. The Bertz CT molecular complexity index is 1220. The predicted octanol–water partition coefficient (Wildman–Crippen LogP) is 2.98. The summed E-state index contributed by atoms with van der Waals surface area (Å²) >= 11 is 0. The Morgan fingerprint density at radius 2 is 1.71 bits per heavy atom. The number of benzene rings is 3. The van der Waals surface area contributed by atoms with Gasteiger partial charge in [-0.05, 0) is 35.5 Å². The molecule has 3 aromatic carbocycles. The molecular formula is C22H24N4O4S. The highest BCUT2D eigenvalue weighted by Crippen LogP contribution is 2.32. The van der Waals surface area contributed by atoms with Gasteiger partial charge in [-0.15, -0.1) is 0 Å². The van der Waals surface area contributed by atoms with Crippen LogP contribution in [0.5, 0.6) is 0 Å². The van der Waals surface area contributed by atoms with Gasteiger partial charge in [0.15, 0.2) is 0 Å². The van der Waals surface area contributed by atoms with E-state index in [0.717, 1.165) is 25.7 Å². The molecule has 0 spiro atoms. The van der Waals surface area contributed by atoms with Crippen LogP contribution in [0, 0.1) is 10.1 Å². The third-order valence-corrected chi connectivity index (χ3v) is 7.12. The van der Waals surface area contributed by atoms with Crippen molar-refractivity contribution < 1.29 is 13.3 Å². The van der Waals surface area contributed by atoms with E-state index >= 15 is 0 Å². The standard InChI is InChI=1S/C22H24N4O4S/c1-23-31(29,30)19-9-10-21(22(15-19)26(27)28)25-13-11-24(12-14-25)16-18-7-4-6-17-5-2-3-8-20(17)18/h2-10,15,23H,11-14,16H2,1H3. The maximum absolute atomic E-state index is 12.0. The number of nitro groups is 1. The molecule has 1 saturated heterocycles. The number of nitrogens with one attached hydrogen (secondary N) is 1. The van der Waals surface area contributed by atoms with E-state index in [9.17, 15) is 18.5 Å². The summed E-state index contributed by atoms with van der Waals surface area (Å²) in [6.07, 6.45) is 0. The molecule has 4 rings (SSSR count). The lowest BCUT2D eigenvalue weighted by Crippen LogP contribution is -2.46. The van der Waals surface area contributed by atoms with E-state index in [-0.39, 0.29) is 10.6 Å². The molecule has 1 heterocycles. The molecule has 9 heteroatoms. The molecule has 8 nitrogen and oxygen atoms in total. The largest absolute Gasteiger partial charge is 0.363 e. The van der Waals surface area contributed by atoms with E-state index in [1.807, 2.05) is 17.0 Å². The van der Waals surface area contributed by atoms with E-state index in [1.54, 1.807) is 0 Å². The topological polar surface area (TPSA) is 95.8 Å². The first-order valence-corrected chi connectivity index (χ1v) is 11.5. The van der Waals surface area contributed by atoms with Crippen molar-refractivity contribution in [3.8, 4) is 0 Å². The number of rotatable bonds is 6. The van der Waals surface area contributed by atoms with Crippen LogP contribution in [-0.2, 0) is 16.6 Å². The monoisotopic (exact) mass is 440 g/mol. The van der Waals surface area contributed by atoms with E-state index in [2.05, 4.69) is 40.0 Å². The number of hydrogen-bond acceptors (Lipinski definition) is 6. The molecule has 0 atom stereocenters. The minimum absolute atomic E-state index is 0.111. The minimum Gasteiger partial charge on any atom is -0.363 e. The zero-order valence-corrected chi connectivity index (χ0v) is 18.0. The van der Waals surface area contributed by atoms with E-state index in [0.29, 0.717) is 18.8 Å². The van der Waals surface area contributed by atoms with Crippen molar-refractivity contribution in [2.45, 2.75) is 11.4 Å². The van der Waals surface area contributed by atoms with Gasteiger partial charge < -0.3 is 4.90 Å². The Morgan fingerprint density at radius 3 is 2.42 bits per heavy atom. The molecule has 1 N–H and O–H groups in total. The molecule has 0 amide bonds. The molecule has 1 fully saturated rings. The average Bonchev–Trinajstić information content (AvgIpc) is 2.79. The molecule has 0 unspecified atom stereocenters. The van der Waals surface area contributed by atoms with Crippen LogP contribution in [-0.4, -0.2) is 51.5 Å². The van der Waals surface area contributed by atoms with Crippen LogP contribution in [0.2, 0.25) is 0 Å². The first-order valence-electron chi connectivity index (χ1n) is 10.0. The van der Waals surface area contributed by atoms with Crippen molar-refractivity contribution in [2.75, 3.05) is 38.1 Å². The molecule has 3 aromatic rings. The van der Waals surface area contributed by atoms with Crippen molar-refractivity contribution in [1.29, 1.82) is 0 Å². The molecule has 0 saturated carbocycles. The van der Waals surface area contributed by atoms with Crippen molar-refractivity contribution >= 4 is 32.2 Å². The first-order chi connectivity index (χ1) is 14.9. The Balaban J connectivity index is 1.50. The Kier molecular flexibility index (Phi) is 5.90. The molecule has 1 aliphatic heterocycles. The van der Waals surface area contributed by atoms with Crippen LogP contribution >= 0.6 is 0 Å². The second-order valence-electron chi connectivity index (χ2n) is 7.52. The van der Waals surface area contributed by atoms with Gasteiger partial charge >= 0.3 is 0 Å². The van der Waals surface area contributed by atoms with Gasteiger partial charge in [0.25, 0.3) is 5.69 Å². The number of nitrogens with zero attached hydrogens (tertiary/aromatic N) is 3. The smallest absolute Gasteiger partial charge is 0.293 e. The van der Waals surface area contributed by atoms with E-state index in [4.69, 9.17) is 0 Å². The van der Waals surface area contributed by atoms with Crippen molar-refractivity contribution in [2.24, 2.45) is 0 Å². The average molecular weight is 441 g/mol. The Labute approximate surface area is 181 Å². The normalized spacial score (nSPS) is 15.3. The first kappa shape index (κ1) is 21.2. The Morgan fingerprint density at radius 1 is 1.00 bits per heavy atom. The summed E-state index contributed by atoms with van der Waals surface area (Å²) in [5.74, 6) is 0. The number of nitro benzene ring substituents is 1. The van der Waals surface area contributed by atoms with Gasteiger partial charge in [-0.1, -0.05) is 42.5 Å². The summed E-state index contributed by atoms with van der Waals surface area (Å²) < 4.78 is 26.2. The quantitative estimate of drug-likeness (QED) is 0.468. The summed E-state index contributed by atoms with van der Waals surface area (Å²) in [5.41, 5.74) is 1.52. The van der Waals surface area contributed by atoms with E-state index < -0.39 is 14.9 Å². The molecule has 1 aliphatic rings. The third-order valence-electron chi connectivity index (χ3n) is 5.71. The number of hydrogen-bond donors (Lipinski definition) is 1. The number of anilines is 1. The van der Waals surface area contributed by atoms with Gasteiger partial charge in [0, 0.05) is 38.8 Å². The van der Waals surface area contributed by atoms with Crippen LogP contribution in [0.3, 0.4) is 0 Å². The van der Waals surface area contributed by atoms with Crippen LogP contribution in [0.15, 0.2) is 65.6 Å². The fourth-order valence-electron chi connectivity index (χ4n) is 4.02. The van der Waals surface area contributed by atoms with Crippen LogP contribution in [0.4, 0.5) is 11.4 Å². The Hall–Kier alpha value is -3.01. The zero-order valence-electron chi connectivity index (χ0n) is 17.2. The fourth-order valence-corrected chi connectivity index (χ4v) is 4.77. The molecule has 0 radical (unpaired) electrons. The maximum atomic E-state index is 12.0. The lowest BCUT2D eigenvalue weighted by molar-refractivity contribution is -0.384. The lowest BCUT2D eigenvalue weighted by atomic mass is 10.0. The van der Waals surface area contributed by atoms with Gasteiger partial charge in [0.1, 0.15) is 5.69 Å². The second-order valence-corrected chi connectivity index (χ2v) is 9.40. The highest BCUT2D eigenvalue weighted by Gasteiger charge is 2.26. The highest BCUT2D eigenvalue weighted by molar-refractivity contribution is 7.89. The summed E-state index contributed by atoms with van der Waals surface area (Å²) in [6.45, 7) is 3.60. The van der Waals surface area contributed by atoms with Gasteiger partial charge in [-0.3, -0.25) is 15.0 Å². The summed E-state index contributed by atoms with van der Waals surface area (Å²) in [4.78, 5) is 15.3. The molecule has 0 aromatic heterocycles. The third kappa shape index (κ3) is 4.39. The molecule has 0 bridgehead atoms. The number of sulfonamides is 1. The summed E-state index contributed by atoms with van der Waals surface area (Å²) in [5, 5.41) is 14.1. The predicted molar refractivity (Wildman–Crippen MR) is 121 cm³/mol. The minimum atomic E-state index is -3.74.